The van der Waals surface area contributed by atoms with E-state index in [1.165, 1.54) is 6.07 Å². The fraction of sp³-hybridized carbons (Fsp3) is 0.462. The van der Waals surface area contributed by atoms with Gasteiger partial charge >= 0.3 is 0 Å². The molecule has 2 atom stereocenters. The number of nitrogens with two attached hydrogens (primary N) is 1. The van der Waals surface area contributed by atoms with Crippen molar-refractivity contribution in [1.82, 2.24) is 4.90 Å². The molecule has 0 radical (unpaired) electrons. The highest BCUT2D eigenvalue weighted by Gasteiger charge is 2.30. The molecule has 1 saturated heterocycles. The zero-order chi connectivity index (χ0) is 13.3. The second-order valence-electron chi connectivity index (χ2n) is 4.68. The van der Waals surface area contributed by atoms with Gasteiger partial charge in [0.15, 0.2) is 0 Å². The van der Waals surface area contributed by atoms with Gasteiger partial charge in [-0.2, -0.15) is 0 Å². The molecule has 2 N–H and O–H groups in total. The predicted molar refractivity (Wildman–Crippen MR) is 71.4 cm³/mol. The van der Waals surface area contributed by atoms with E-state index in [-0.39, 0.29) is 23.8 Å². The first-order valence-corrected chi connectivity index (χ1v) is 6.76. The van der Waals surface area contributed by atoms with Crippen LogP contribution in [0.5, 0.6) is 0 Å². The van der Waals surface area contributed by atoms with Gasteiger partial charge in [-0.3, -0.25) is 4.79 Å². The Hall–Kier alpha value is -0.940. The van der Waals surface area contributed by atoms with E-state index in [2.05, 4.69) is 15.9 Å². The van der Waals surface area contributed by atoms with E-state index in [4.69, 9.17) is 5.73 Å². The van der Waals surface area contributed by atoms with E-state index < -0.39 is 0 Å². The third-order valence-electron chi connectivity index (χ3n) is 3.43. The van der Waals surface area contributed by atoms with Crippen molar-refractivity contribution in [1.29, 1.82) is 0 Å². The van der Waals surface area contributed by atoms with Crippen molar-refractivity contribution in [2.75, 3.05) is 7.05 Å². The Kier molecular flexibility index (Phi) is 4.02. The van der Waals surface area contributed by atoms with Crippen molar-refractivity contribution in [3.63, 3.8) is 0 Å². The Balaban J connectivity index is 2.38. The van der Waals surface area contributed by atoms with Crippen molar-refractivity contribution in [2.24, 2.45) is 5.73 Å². The van der Waals surface area contributed by atoms with Gasteiger partial charge in [0.05, 0.1) is 10.5 Å². The van der Waals surface area contributed by atoms with E-state index >= 15 is 0 Å². The monoisotopic (exact) mass is 314 g/mol. The van der Waals surface area contributed by atoms with E-state index in [0.717, 1.165) is 18.4 Å². The summed E-state index contributed by atoms with van der Waals surface area (Å²) < 4.78 is 13.7. The lowest BCUT2D eigenvalue weighted by Crippen LogP contribution is -2.39. The number of likely N-dealkylation sites (N-methyl/N-ethyl adjacent to an activating group) is 1. The standard InChI is InChI=1S/C13H16BrFN2O/c1-17-12(18)4-2-3-11(16)13(17)8-5-6-10(15)9(14)7-8/h5-7,11,13H,2-4,16H2,1H3. The van der Waals surface area contributed by atoms with Gasteiger partial charge in [0.1, 0.15) is 5.82 Å². The highest BCUT2D eigenvalue weighted by atomic mass is 79.9. The van der Waals surface area contributed by atoms with Crippen LogP contribution in [-0.2, 0) is 4.79 Å². The number of hydrogen-bond donors (Lipinski definition) is 1. The van der Waals surface area contributed by atoms with E-state index in [1.807, 2.05) is 0 Å². The number of likely N-dealkylation sites (tertiary alicyclic amines) is 1. The van der Waals surface area contributed by atoms with Gasteiger partial charge < -0.3 is 10.6 Å². The molecule has 5 heteroatoms. The van der Waals surface area contributed by atoms with Crippen LogP contribution < -0.4 is 5.73 Å². The minimum Gasteiger partial charge on any atom is -0.337 e. The van der Waals surface area contributed by atoms with Crippen LogP contribution in [0.4, 0.5) is 4.39 Å². The molecule has 98 valence electrons. The van der Waals surface area contributed by atoms with Gasteiger partial charge in [-0.05, 0) is 46.5 Å². The van der Waals surface area contributed by atoms with Gasteiger partial charge in [-0.25, -0.2) is 4.39 Å². The first kappa shape index (κ1) is 13.5. The lowest BCUT2D eigenvalue weighted by Gasteiger charge is -2.31. The Bertz CT molecular complexity index is 466. The summed E-state index contributed by atoms with van der Waals surface area (Å²) in [5.41, 5.74) is 7.02. The van der Waals surface area contributed by atoms with Crippen molar-refractivity contribution in [2.45, 2.75) is 31.3 Å². The summed E-state index contributed by atoms with van der Waals surface area (Å²) in [6, 6.07) is 4.50. The largest absolute Gasteiger partial charge is 0.337 e. The zero-order valence-electron chi connectivity index (χ0n) is 10.2. The minimum absolute atomic E-state index is 0.0911. The van der Waals surface area contributed by atoms with Gasteiger partial charge in [0.25, 0.3) is 0 Å². The smallest absolute Gasteiger partial charge is 0.222 e. The summed E-state index contributed by atoms with van der Waals surface area (Å²) in [6.07, 6.45) is 2.14. The molecular formula is C13H16BrFN2O. The summed E-state index contributed by atoms with van der Waals surface area (Å²) in [4.78, 5) is 13.6. The van der Waals surface area contributed by atoms with E-state index in [9.17, 15) is 9.18 Å². The van der Waals surface area contributed by atoms with Crippen LogP contribution in [0, 0.1) is 5.82 Å². The maximum Gasteiger partial charge on any atom is 0.222 e. The van der Waals surface area contributed by atoms with Crippen LogP contribution in [0.2, 0.25) is 0 Å². The second-order valence-corrected chi connectivity index (χ2v) is 5.53. The van der Waals surface area contributed by atoms with Crippen LogP contribution in [0.25, 0.3) is 0 Å². The predicted octanol–water partition coefficient (Wildman–Crippen LogP) is 2.60. The number of nitrogens with zero attached hydrogens (tertiary/aromatic N) is 1. The molecule has 18 heavy (non-hydrogen) atoms. The van der Waals surface area contributed by atoms with Crippen molar-refractivity contribution < 1.29 is 9.18 Å². The molecule has 2 rings (SSSR count). The van der Waals surface area contributed by atoms with Crippen LogP contribution in [0.1, 0.15) is 30.9 Å². The number of amides is 1. The van der Waals surface area contributed by atoms with Crippen LogP contribution in [0.3, 0.4) is 0 Å². The molecule has 1 aromatic carbocycles. The van der Waals surface area contributed by atoms with Crippen molar-refractivity contribution >= 4 is 21.8 Å². The molecule has 0 aromatic heterocycles. The average molecular weight is 315 g/mol. The molecule has 0 aliphatic carbocycles. The fourth-order valence-electron chi connectivity index (χ4n) is 2.43. The van der Waals surface area contributed by atoms with Crippen molar-refractivity contribution in [3.8, 4) is 0 Å². The van der Waals surface area contributed by atoms with Gasteiger partial charge in [-0.15, -0.1) is 0 Å². The Labute approximate surface area is 114 Å². The summed E-state index contributed by atoms with van der Waals surface area (Å²) in [5, 5.41) is 0. The molecule has 3 nitrogen and oxygen atoms in total. The third kappa shape index (κ3) is 2.57. The number of carbonyl (C=O) groups excluding carboxylic acids is 1. The minimum atomic E-state index is -0.310. The highest BCUT2D eigenvalue weighted by molar-refractivity contribution is 9.10. The third-order valence-corrected chi connectivity index (χ3v) is 4.04. The first-order valence-electron chi connectivity index (χ1n) is 5.97. The topological polar surface area (TPSA) is 46.3 Å². The lowest BCUT2D eigenvalue weighted by atomic mass is 9.97. The number of benzene rings is 1. The van der Waals surface area contributed by atoms with Gasteiger partial charge in [-0.1, -0.05) is 6.07 Å². The van der Waals surface area contributed by atoms with E-state index in [0.29, 0.717) is 10.9 Å². The molecular weight excluding hydrogens is 299 g/mol. The summed E-state index contributed by atoms with van der Waals surface area (Å²) in [7, 11) is 1.76. The SMILES string of the molecule is CN1C(=O)CCCC(N)C1c1ccc(F)c(Br)c1. The molecule has 1 fully saturated rings. The number of carbonyl (C=O) groups is 1. The molecule has 2 unspecified atom stereocenters. The summed E-state index contributed by atoms with van der Waals surface area (Å²) in [5.74, 6) is -0.219. The molecule has 0 bridgehead atoms. The second kappa shape index (κ2) is 5.36. The first-order chi connectivity index (χ1) is 8.50. The summed E-state index contributed by atoms with van der Waals surface area (Å²) >= 11 is 3.17. The van der Waals surface area contributed by atoms with Gasteiger partial charge in [0.2, 0.25) is 5.91 Å². The van der Waals surface area contributed by atoms with Crippen molar-refractivity contribution in [3.05, 3.63) is 34.1 Å². The normalized spacial score (nSPS) is 25.1. The molecule has 1 aliphatic rings. The quantitative estimate of drug-likeness (QED) is 0.866. The molecule has 0 saturated carbocycles. The number of halogens is 2. The molecule has 1 aliphatic heterocycles. The van der Waals surface area contributed by atoms with Crippen LogP contribution in [-0.4, -0.2) is 23.9 Å². The molecule has 1 heterocycles. The Morgan fingerprint density at radius 3 is 2.89 bits per heavy atom. The molecule has 1 amide bonds. The Morgan fingerprint density at radius 2 is 2.22 bits per heavy atom. The van der Waals surface area contributed by atoms with Crippen LogP contribution >= 0.6 is 15.9 Å². The van der Waals surface area contributed by atoms with Crippen LogP contribution in [0.15, 0.2) is 22.7 Å². The highest BCUT2D eigenvalue weighted by Crippen LogP contribution is 2.31. The van der Waals surface area contributed by atoms with Gasteiger partial charge in [0, 0.05) is 19.5 Å². The summed E-state index contributed by atoms with van der Waals surface area (Å²) in [6.45, 7) is 0. The maximum absolute atomic E-state index is 13.3. The Morgan fingerprint density at radius 1 is 1.50 bits per heavy atom. The maximum atomic E-state index is 13.3. The molecule has 1 aromatic rings. The van der Waals surface area contributed by atoms with E-state index in [1.54, 1.807) is 24.1 Å². The number of hydrogen-bond acceptors (Lipinski definition) is 2. The average Bonchev–Trinajstić information content (AvgIpc) is 2.44. The fourth-order valence-corrected chi connectivity index (χ4v) is 2.83. The lowest BCUT2D eigenvalue weighted by molar-refractivity contribution is -0.131. The zero-order valence-corrected chi connectivity index (χ0v) is 11.8. The number of rotatable bonds is 1. The molecule has 0 spiro atoms.